The molecule has 0 N–H and O–H groups in total. The van der Waals surface area contributed by atoms with Gasteiger partial charge in [-0.2, -0.15) is 0 Å². The maximum absolute atomic E-state index is 14.1. The van der Waals surface area contributed by atoms with E-state index in [-0.39, 0.29) is 11.8 Å². The van der Waals surface area contributed by atoms with Crippen molar-refractivity contribution >= 4 is 17.4 Å². The van der Waals surface area contributed by atoms with Gasteiger partial charge in [0.1, 0.15) is 0 Å². The monoisotopic (exact) mass is 494 g/mol. The summed E-state index contributed by atoms with van der Waals surface area (Å²) in [5, 5.41) is 0. The van der Waals surface area contributed by atoms with Gasteiger partial charge in [-0.1, -0.05) is 37.3 Å². The second-order valence-corrected chi connectivity index (χ2v) is 10.7. The van der Waals surface area contributed by atoms with Crippen molar-refractivity contribution in [3.05, 3.63) is 65.7 Å². The Labute approximate surface area is 216 Å². The van der Waals surface area contributed by atoms with Crippen molar-refractivity contribution in [3.63, 3.8) is 0 Å². The zero-order valence-corrected chi connectivity index (χ0v) is 22.6. The molecule has 1 unspecified atom stereocenters. The quantitative estimate of drug-likeness (QED) is 0.249. The minimum Gasteiger partial charge on any atom is -0.465 e. The first-order valence-electron chi connectivity index (χ1n) is 13.1. The van der Waals surface area contributed by atoms with E-state index in [1.165, 1.54) is 0 Å². The normalized spacial score (nSPS) is 16.0. The van der Waals surface area contributed by atoms with E-state index in [1.807, 2.05) is 70.3 Å². The number of Topliss-reactive ketones (excluding diaryl/α,β-unsaturated/α-hetero) is 1. The van der Waals surface area contributed by atoms with Crippen LogP contribution in [0.1, 0.15) is 56.5 Å². The van der Waals surface area contributed by atoms with E-state index in [0.29, 0.717) is 32.4 Å². The van der Waals surface area contributed by atoms with Crippen LogP contribution in [-0.4, -0.2) is 68.7 Å². The zero-order valence-electron chi connectivity index (χ0n) is 22.6. The summed E-state index contributed by atoms with van der Waals surface area (Å²) >= 11 is 0. The summed E-state index contributed by atoms with van der Waals surface area (Å²) in [5.41, 5.74) is 1.75. The lowest BCUT2D eigenvalue weighted by molar-refractivity contribution is -0.153. The van der Waals surface area contributed by atoms with Crippen molar-refractivity contribution in [2.45, 2.75) is 52.5 Å². The number of hydrogen-bond donors (Lipinski definition) is 0. The zero-order chi connectivity index (χ0) is 26.2. The average molecular weight is 495 g/mol. The number of likely N-dealkylation sites (N-methyl/N-ethyl adjacent to an activating group) is 1. The fourth-order valence-electron chi connectivity index (χ4n) is 4.69. The van der Waals surface area contributed by atoms with Gasteiger partial charge in [-0.3, -0.25) is 14.5 Å². The van der Waals surface area contributed by atoms with Gasteiger partial charge in [0.05, 0.1) is 30.8 Å². The van der Waals surface area contributed by atoms with Crippen LogP contribution < -0.4 is 4.90 Å². The predicted molar refractivity (Wildman–Crippen MR) is 145 cm³/mol. The number of carbonyl (C=O) groups excluding carboxylic acids is 2. The summed E-state index contributed by atoms with van der Waals surface area (Å²) in [4.78, 5) is 30.7. The van der Waals surface area contributed by atoms with Gasteiger partial charge < -0.3 is 14.4 Å². The average Bonchev–Trinajstić information content (AvgIpc) is 2.89. The minimum atomic E-state index is -0.699. The lowest BCUT2D eigenvalue weighted by Gasteiger charge is -2.40. The molecule has 2 aromatic rings. The highest BCUT2D eigenvalue weighted by atomic mass is 16.5. The molecule has 3 rings (SSSR count). The number of rotatable bonds is 11. The van der Waals surface area contributed by atoms with Crippen LogP contribution in [0.4, 0.5) is 5.69 Å². The third-order valence-corrected chi connectivity index (χ3v) is 7.07. The van der Waals surface area contributed by atoms with Gasteiger partial charge in [0.15, 0.2) is 5.78 Å². The lowest BCUT2D eigenvalue weighted by atomic mass is 9.79. The van der Waals surface area contributed by atoms with Gasteiger partial charge in [-0.25, -0.2) is 0 Å². The fraction of sp³-hybridized carbons (Fsp3) is 0.533. The molecule has 1 heterocycles. The molecule has 2 aromatic carbocycles. The first-order valence-corrected chi connectivity index (χ1v) is 13.1. The molecule has 1 aliphatic rings. The maximum Gasteiger partial charge on any atom is 0.311 e. The van der Waals surface area contributed by atoms with Gasteiger partial charge in [0.25, 0.3) is 0 Å². The minimum absolute atomic E-state index is 0.122. The standard InChI is InChI=1S/C30H42N2O4/c1-6-30(23-24-11-8-7-9-12-24,31(5)17-10-20-36-28(34)29(2,3)4)27(33)25-13-15-26(16-14-25)32-18-21-35-22-19-32/h7-9,11-16H,6,10,17-23H2,1-5H3. The number of nitrogens with zero attached hydrogens (tertiary/aromatic N) is 2. The van der Waals surface area contributed by atoms with E-state index >= 15 is 0 Å². The number of ketones is 1. The Morgan fingerprint density at radius 1 is 1.00 bits per heavy atom. The largest absolute Gasteiger partial charge is 0.465 e. The second kappa shape index (κ2) is 12.5. The Kier molecular flexibility index (Phi) is 9.69. The highest BCUT2D eigenvalue weighted by Gasteiger charge is 2.41. The Morgan fingerprint density at radius 2 is 1.64 bits per heavy atom. The third-order valence-electron chi connectivity index (χ3n) is 7.07. The van der Waals surface area contributed by atoms with E-state index in [0.717, 1.165) is 43.1 Å². The van der Waals surface area contributed by atoms with E-state index in [4.69, 9.17) is 9.47 Å². The van der Waals surface area contributed by atoms with Crippen molar-refractivity contribution in [2.24, 2.45) is 5.41 Å². The highest BCUT2D eigenvalue weighted by molar-refractivity contribution is 6.03. The molecule has 0 spiro atoms. The second-order valence-electron chi connectivity index (χ2n) is 10.7. The van der Waals surface area contributed by atoms with Crippen molar-refractivity contribution in [1.29, 1.82) is 0 Å². The summed E-state index contributed by atoms with van der Waals surface area (Å²) < 4.78 is 10.9. The molecule has 0 aliphatic carbocycles. The van der Waals surface area contributed by atoms with Crippen molar-refractivity contribution in [3.8, 4) is 0 Å². The Bertz CT molecular complexity index is 978. The lowest BCUT2D eigenvalue weighted by Crippen LogP contribution is -2.54. The van der Waals surface area contributed by atoms with Crippen LogP contribution in [0.5, 0.6) is 0 Å². The number of morpholine rings is 1. The Morgan fingerprint density at radius 3 is 2.22 bits per heavy atom. The van der Waals surface area contributed by atoms with Gasteiger partial charge in [0, 0.05) is 30.9 Å². The molecule has 0 amide bonds. The van der Waals surface area contributed by atoms with E-state index in [9.17, 15) is 9.59 Å². The molecule has 1 aliphatic heterocycles. The fourth-order valence-corrected chi connectivity index (χ4v) is 4.69. The third kappa shape index (κ3) is 6.95. The molecule has 6 nitrogen and oxygen atoms in total. The number of ether oxygens (including phenoxy) is 2. The van der Waals surface area contributed by atoms with Gasteiger partial charge in [0.2, 0.25) is 0 Å². The molecule has 196 valence electrons. The molecular formula is C30H42N2O4. The molecule has 0 saturated carbocycles. The molecule has 0 radical (unpaired) electrons. The smallest absolute Gasteiger partial charge is 0.311 e. The SMILES string of the molecule is CCC(Cc1ccccc1)(C(=O)c1ccc(N2CCOCC2)cc1)N(C)CCCOC(=O)C(C)(C)C. The summed E-state index contributed by atoms with van der Waals surface area (Å²) in [5.74, 6) is -0.0794. The van der Waals surface area contributed by atoms with Crippen LogP contribution in [0.15, 0.2) is 54.6 Å². The number of hydrogen-bond acceptors (Lipinski definition) is 6. The molecule has 0 bridgehead atoms. The van der Waals surface area contributed by atoms with Crippen molar-refractivity contribution < 1.29 is 19.1 Å². The van der Waals surface area contributed by atoms with Gasteiger partial charge >= 0.3 is 5.97 Å². The van der Waals surface area contributed by atoms with E-state index in [2.05, 4.69) is 28.9 Å². The van der Waals surface area contributed by atoms with Crippen LogP contribution in [0, 0.1) is 5.41 Å². The molecule has 1 saturated heterocycles. The summed E-state index contributed by atoms with van der Waals surface area (Å²) in [7, 11) is 2.01. The van der Waals surface area contributed by atoms with Gasteiger partial charge in [-0.05, 0) is 76.9 Å². The molecule has 6 heteroatoms. The number of anilines is 1. The molecular weight excluding hydrogens is 452 g/mol. The molecule has 1 fully saturated rings. The summed E-state index contributed by atoms with van der Waals surface area (Å²) in [6, 6.07) is 18.2. The molecule has 1 atom stereocenters. The van der Waals surface area contributed by atoms with Gasteiger partial charge in [-0.15, -0.1) is 0 Å². The first kappa shape index (κ1) is 27.9. The summed E-state index contributed by atoms with van der Waals surface area (Å²) in [6.45, 7) is 11.8. The summed E-state index contributed by atoms with van der Waals surface area (Å²) in [6.07, 6.45) is 1.95. The van der Waals surface area contributed by atoms with Crippen LogP contribution in [0.3, 0.4) is 0 Å². The number of esters is 1. The number of carbonyl (C=O) groups is 2. The van der Waals surface area contributed by atoms with Crippen molar-refractivity contribution in [1.82, 2.24) is 4.90 Å². The van der Waals surface area contributed by atoms with Crippen LogP contribution in [-0.2, 0) is 20.7 Å². The van der Waals surface area contributed by atoms with Crippen LogP contribution in [0.25, 0.3) is 0 Å². The number of benzene rings is 2. The van der Waals surface area contributed by atoms with Crippen LogP contribution >= 0.6 is 0 Å². The Balaban J connectivity index is 1.78. The molecule has 36 heavy (non-hydrogen) atoms. The van der Waals surface area contributed by atoms with Crippen LogP contribution in [0.2, 0.25) is 0 Å². The van der Waals surface area contributed by atoms with Crippen molar-refractivity contribution in [2.75, 3.05) is 51.4 Å². The highest BCUT2D eigenvalue weighted by Crippen LogP contribution is 2.30. The topological polar surface area (TPSA) is 59.1 Å². The van der Waals surface area contributed by atoms with E-state index in [1.54, 1.807) is 0 Å². The predicted octanol–water partition coefficient (Wildman–Crippen LogP) is 5.01. The van der Waals surface area contributed by atoms with E-state index < -0.39 is 11.0 Å². The first-order chi connectivity index (χ1) is 17.2. The molecule has 0 aromatic heterocycles. The maximum atomic E-state index is 14.1. The Hall–Kier alpha value is -2.70.